The van der Waals surface area contributed by atoms with Crippen LogP contribution in [-0.4, -0.2) is 38.9 Å². The van der Waals surface area contributed by atoms with Crippen molar-refractivity contribution in [2.45, 2.75) is 32.7 Å². The summed E-state index contributed by atoms with van der Waals surface area (Å²) in [7, 11) is 1.89. The molecule has 3 heterocycles. The van der Waals surface area contributed by atoms with Gasteiger partial charge in [-0.3, -0.25) is 9.78 Å². The molecule has 2 aromatic heterocycles. The molecule has 0 unspecified atom stereocenters. The zero-order chi connectivity index (χ0) is 15.5. The maximum Gasteiger partial charge on any atom is 0.253 e. The second kappa shape index (κ2) is 6.30. The molecular weight excluding hydrogens is 276 g/mol. The maximum absolute atomic E-state index is 12.7. The lowest BCUT2D eigenvalue weighted by molar-refractivity contribution is 0.0759. The number of imidazole rings is 1. The summed E-state index contributed by atoms with van der Waals surface area (Å²) >= 11 is 0. The Hall–Kier alpha value is -2.17. The molecule has 0 radical (unpaired) electrons. The van der Waals surface area contributed by atoms with E-state index in [1.165, 1.54) is 0 Å². The Morgan fingerprint density at radius 3 is 3.14 bits per heavy atom. The lowest BCUT2D eigenvalue weighted by Gasteiger charge is -2.28. The maximum atomic E-state index is 12.7. The molecule has 22 heavy (non-hydrogen) atoms. The molecule has 0 aliphatic carbocycles. The van der Waals surface area contributed by atoms with Gasteiger partial charge in [0.25, 0.3) is 5.91 Å². The molecule has 0 aromatic carbocycles. The van der Waals surface area contributed by atoms with Crippen molar-refractivity contribution in [1.82, 2.24) is 19.4 Å². The average Bonchev–Trinajstić information content (AvgIpc) is 3.01. The number of amides is 1. The monoisotopic (exact) mass is 298 g/mol. The lowest BCUT2D eigenvalue weighted by atomic mass is 9.98. The Morgan fingerprint density at radius 1 is 1.45 bits per heavy atom. The van der Waals surface area contributed by atoms with E-state index in [1.807, 2.05) is 30.4 Å². The van der Waals surface area contributed by atoms with Crippen LogP contribution in [0.3, 0.4) is 0 Å². The van der Waals surface area contributed by atoms with E-state index in [0.717, 1.165) is 49.3 Å². The highest BCUT2D eigenvalue weighted by Crippen LogP contribution is 2.20. The summed E-state index contributed by atoms with van der Waals surface area (Å²) in [4.78, 5) is 23.0. The quantitative estimate of drug-likeness (QED) is 0.869. The first kappa shape index (κ1) is 14.8. The predicted molar refractivity (Wildman–Crippen MR) is 84.6 cm³/mol. The third-order valence-electron chi connectivity index (χ3n) is 4.43. The molecule has 116 valence electrons. The van der Waals surface area contributed by atoms with Gasteiger partial charge in [-0.25, -0.2) is 4.98 Å². The van der Waals surface area contributed by atoms with Gasteiger partial charge in [-0.05, 0) is 30.4 Å². The van der Waals surface area contributed by atoms with Crippen molar-refractivity contribution in [1.29, 1.82) is 0 Å². The number of carbonyl (C=O) groups excluding carboxylic acids is 1. The number of hydrogen-bond donors (Lipinski definition) is 0. The van der Waals surface area contributed by atoms with Gasteiger partial charge < -0.3 is 9.47 Å². The van der Waals surface area contributed by atoms with E-state index in [2.05, 4.69) is 21.5 Å². The van der Waals surface area contributed by atoms with Crippen molar-refractivity contribution in [3.05, 3.63) is 47.8 Å². The van der Waals surface area contributed by atoms with Gasteiger partial charge in [0.2, 0.25) is 0 Å². The summed E-state index contributed by atoms with van der Waals surface area (Å²) in [5.41, 5.74) is 1.79. The third kappa shape index (κ3) is 2.89. The Morgan fingerprint density at radius 2 is 2.32 bits per heavy atom. The summed E-state index contributed by atoms with van der Waals surface area (Å²) in [5, 5.41) is 0. The van der Waals surface area contributed by atoms with Gasteiger partial charge in [0.05, 0.1) is 0 Å². The molecule has 0 N–H and O–H groups in total. The number of aromatic nitrogens is 3. The van der Waals surface area contributed by atoms with E-state index in [4.69, 9.17) is 0 Å². The average molecular weight is 298 g/mol. The van der Waals surface area contributed by atoms with Crippen LogP contribution in [0.2, 0.25) is 0 Å². The minimum Gasteiger partial charge on any atom is -0.341 e. The van der Waals surface area contributed by atoms with Crippen LogP contribution in [0.4, 0.5) is 0 Å². The van der Waals surface area contributed by atoms with Crippen molar-refractivity contribution >= 4 is 5.91 Å². The molecule has 5 heteroatoms. The van der Waals surface area contributed by atoms with Gasteiger partial charge in [-0.1, -0.05) is 6.92 Å². The van der Waals surface area contributed by atoms with Gasteiger partial charge in [-0.15, -0.1) is 0 Å². The highest BCUT2D eigenvalue weighted by molar-refractivity contribution is 5.95. The van der Waals surface area contributed by atoms with Crippen molar-refractivity contribution < 1.29 is 4.79 Å². The van der Waals surface area contributed by atoms with Crippen LogP contribution >= 0.6 is 0 Å². The second-order valence-corrected chi connectivity index (χ2v) is 5.97. The zero-order valence-corrected chi connectivity index (χ0v) is 13.2. The van der Waals surface area contributed by atoms with Crippen molar-refractivity contribution in [2.75, 3.05) is 13.6 Å². The number of rotatable bonds is 4. The van der Waals surface area contributed by atoms with E-state index < -0.39 is 0 Å². The molecule has 0 fully saturated rings. The normalized spacial score (nSPS) is 17.1. The van der Waals surface area contributed by atoms with Gasteiger partial charge in [0.15, 0.2) is 0 Å². The van der Waals surface area contributed by atoms with Crippen LogP contribution in [0.5, 0.6) is 0 Å². The minimum absolute atomic E-state index is 0.0932. The lowest BCUT2D eigenvalue weighted by Crippen LogP contribution is -2.35. The molecule has 5 nitrogen and oxygen atoms in total. The van der Waals surface area contributed by atoms with Crippen molar-refractivity contribution in [2.24, 2.45) is 5.92 Å². The smallest absolute Gasteiger partial charge is 0.253 e. The molecule has 1 atom stereocenters. The van der Waals surface area contributed by atoms with E-state index >= 15 is 0 Å². The van der Waals surface area contributed by atoms with E-state index in [9.17, 15) is 4.79 Å². The number of fused-ring (bicyclic) bond motifs is 1. The fraction of sp³-hybridized carbons (Fsp3) is 0.471. The molecular formula is C17H22N4O. The van der Waals surface area contributed by atoms with Crippen LogP contribution < -0.4 is 0 Å². The van der Waals surface area contributed by atoms with Crippen molar-refractivity contribution in [3.63, 3.8) is 0 Å². The number of pyridine rings is 1. The van der Waals surface area contributed by atoms with E-state index in [1.54, 1.807) is 12.4 Å². The molecule has 1 aliphatic heterocycles. The fourth-order valence-corrected chi connectivity index (χ4v) is 3.18. The largest absolute Gasteiger partial charge is 0.341 e. The highest BCUT2D eigenvalue weighted by Gasteiger charge is 2.23. The molecule has 0 saturated carbocycles. The molecule has 3 rings (SSSR count). The first-order valence-corrected chi connectivity index (χ1v) is 7.87. The number of nitrogens with zero attached hydrogens (tertiary/aromatic N) is 4. The topological polar surface area (TPSA) is 51.0 Å². The first-order valence-electron chi connectivity index (χ1n) is 7.87. The van der Waals surface area contributed by atoms with Crippen LogP contribution in [0.25, 0.3) is 0 Å². The molecule has 2 aromatic rings. The van der Waals surface area contributed by atoms with Crippen molar-refractivity contribution in [3.8, 4) is 0 Å². The van der Waals surface area contributed by atoms with Gasteiger partial charge >= 0.3 is 0 Å². The molecule has 0 bridgehead atoms. The van der Waals surface area contributed by atoms with E-state index in [-0.39, 0.29) is 5.91 Å². The summed E-state index contributed by atoms with van der Waals surface area (Å²) < 4.78 is 2.20. The van der Waals surface area contributed by atoms with Crippen LogP contribution in [0.15, 0.2) is 30.9 Å². The summed E-state index contributed by atoms with van der Waals surface area (Å²) in [6.07, 6.45) is 10.3. The van der Waals surface area contributed by atoms with Gasteiger partial charge in [-0.2, -0.15) is 0 Å². The summed E-state index contributed by atoms with van der Waals surface area (Å²) in [5.74, 6) is 1.74. The third-order valence-corrected chi connectivity index (χ3v) is 4.43. The van der Waals surface area contributed by atoms with Gasteiger partial charge in [0.1, 0.15) is 5.82 Å². The summed E-state index contributed by atoms with van der Waals surface area (Å²) in [6.45, 7) is 3.78. The Balaban J connectivity index is 1.67. The molecule has 0 saturated heterocycles. The highest BCUT2D eigenvalue weighted by atomic mass is 16.2. The standard InChI is InChI=1S/C17H22N4O/c1-3-14-10-18-7-6-15(14)17(22)20(2)11-13-4-5-16-19-8-9-21(16)12-13/h6-10,13H,3-5,11-12H2,1-2H3/t13-/m1/s1. The number of hydrogen-bond acceptors (Lipinski definition) is 3. The van der Waals surface area contributed by atoms with E-state index in [0.29, 0.717) is 5.92 Å². The van der Waals surface area contributed by atoms with Crippen LogP contribution in [-0.2, 0) is 19.4 Å². The van der Waals surface area contributed by atoms with Crippen LogP contribution in [0, 0.1) is 5.92 Å². The molecule has 1 amide bonds. The molecule has 1 aliphatic rings. The second-order valence-electron chi connectivity index (χ2n) is 5.97. The van der Waals surface area contributed by atoms with Crippen LogP contribution in [0.1, 0.15) is 35.1 Å². The Kier molecular flexibility index (Phi) is 4.22. The summed E-state index contributed by atoms with van der Waals surface area (Å²) in [6, 6.07) is 1.83. The Labute approximate surface area is 131 Å². The number of carbonyl (C=O) groups is 1. The first-order chi connectivity index (χ1) is 10.7. The number of aryl methyl sites for hydroxylation is 2. The fourth-order valence-electron chi connectivity index (χ4n) is 3.18. The minimum atomic E-state index is 0.0932. The van der Waals surface area contributed by atoms with Gasteiger partial charge in [0, 0.05) is 56.9 Å². The Bertz CT molecular complexity index is 664. The SMILES string of the molecule is CCc1cnccc1C(=O)N(C)C[C@H]1CCc2nccn2C1. The zero-order valence-electron chi connectivity index (χ0n) is 13.2. The molecule has 0 spiro atoms. The predicted octanol–water partition coefficient (Wildman–Crippen LogP) is 2.18.